The van der Waals surface area contributed by atoms with E-state index < -0.39 is 0 Å². The highest BCUT2D eigenvalue weighted by atomic mass is 127. The smallest absolute Gasteiger partial charge is 0.141 e. The molecular formula is C8H8IN3. The molecule has 2 aromatic heterocycles. The van der Waals surface area contributed by atoms with Crippen LogP contribution in [0.3, 0.4) is 0 Å². The summed E-state index contributed by atoms with van der Waals surface area (Å²) in [6, 6.07) is 2.04. The highest BCUT2D eigenvalue weighted by molar-refractivity contribution is 14.1. The maximum absolute atomic E-state index is 4.34. The lowest BCUT2D eigenvalue weighted by Crippen LogP contribution is -1.91. The van der Waals surface area contributed by atoms with Gasteiger partial charge in [0, 0.05) is 18.0 Å². The highest BCUT2D eigenvalue weighted by Crippen LogP contribution is 2.13. The lowest BCUT2D eigenvalue weighted by atomic mass is 10.4. The molecule has 0 aromatic carbocycles. The Bertz CT molecular complexity index is 408. The average Bonchev–Trinajstić information content (AvgIpc) is 2.43. The van der Waals surface area contributed by atoms with Gasteiger partial charge in [-0.15, -0.1) is 0 Å². The number of H-pyrrole nitrogens is 1. The summed E-state index contributed by atoms with van der Waals surface area (Å²) >= 11 is 2.23. The van der Waals surface area contributed by atoms with Gasteiger partial charge in [-0.3, -0.25) is 0 Å². The number of aromatic amines is 1. The standard InChI is InChI=1S/C8H8IN3/c1-2-7-10-4-5-3-6(9)11-8(5)12-7/h3-4H,2H2,1H3,(H,10,11,12). The predicted octanol–water partition coefficient (Wildman–Crippen LogP) is 2.12. The molecule has 12 heavy (non-hydrogen) atoms. The maximum Gasteiger partial charge on any atom is 0.141 e. The van der Waals surface area contributed by atoms with Crippen molar-refractivity contribution in [2.75, 3.05) is 0 Å². The van der Waals surface area contributed by atoms with Gasteiger partial charge in [-0.1, -0.05) is 6.92 Å². The molecule has 62 valence electrons. The minimum Gasteiger partial charge on any atom is -0.335 e. The van der Waals surface area contributed by atoms with E-state index in [1.807, 2.05) is 12.3 Å². The summed E-state index contributed by atoms with van der Waals surface area (Å²) in [6.07, 6.45) is 2.74. The Morgan fingerprint density at radius 3 is 3.17 bits per heavy atom. The topological polar surface area (TPSA) is 41.6 Å². The molecule has 0 saturated heterocycles. The summed E-state index contributed by atoms with van der Waals surface area (Å²) in [5.41, 5.74) is 0.936. The van der Waals surface area contributed by atoms with Crippen molar-refractivity contribution >= 4 is 33.6 Å². The molecular weight excluding hydrogens is 265 g/mol. The van der Waals surface area contributed by atoms with E-state index in [9.17, 15) is 0 Å². The molecule has 1 N–H and O–H groups in total. The Kier molecular flexibility index (Phi) is 2.00. The molecule has 0 bridgehead atoms. The van der Waals surface area contributed by atoms with Crippen molar-refractivity contribution in [1.29, 1.82) is 0 Å². The van der Waals surface area contributed by atoms with Gasteiger partial charge in [-0.2, -0.15) is 0 Å². The van der Waals surface area contributed by atoms with Crippen LogP contribution in [-0.4, -0.2) is 15.0 Å². The van der Waals surface area contributed by atoms with E-state index >= 15 is 0 Å². The van der Waals surface area contributed by atoms with Crippen molar-refractivity contribution in [3.8, 4) is 0 Å². The second-order valence-electron chi connectivity index (χ2n) is 2.56. The van der Waals surface area contributed by atoms with Crippen LogP contribution in [0.15, 0.2) is 12.3 Å². The number of aromatic nitrogens is 3. The fraction of sp³-hybridized carbons (Fsp3) is 0.250. The van der Waals surface area contributed by atoms with Crippen molar-refractivity contribution in [1.82, 2.24) is 15.0 Å². The fourth-order valence-corrected chi connectivity index (χ4v) is 1.68. The Balaban J connectivity index is 2.66. The lowest BCUT2D eigenvalue weighted by Gasteiger charge is -1.92. The predicted molar refractivity (Wildman–Crippen MR) is 56.0 cm³/mol. The van der Waals surface area contributed by atoms with Gasteiger partial charge in [0.15, 0.2) is 0 Å². The first kappa shape index (κ1) is 7.97. The number of halogens is 1. The zero-order chi connectivity index (χ0) is 8.55. The SMILES string of the molecule is CCc1ncc2cc(I)[nH]c2n1. The van der Waals surface area contributed by atoms with Crippen LogP contribution in [0.4, 0.5) is 0 Å². The Labute approximate surface area is 83.8 Å². The first-order valence-corrected chi connectivity index (χ1v) is 4.87. The second-order valence-corrected chi connectivity index (χ2v) is 3.72. The van der Waals surface area contributed by atoms with E-state index in [0.29, 0.717) is 0 Å². The molecule has 0 saturated carbocycles. The number of aryl methyl sites for hydroxylation is 1. The average molecular weight is 273 g/mol. The normalized spacial score (nSPS) is 10.8. The van der Waals surface area contributed by atoms with Crippen molar-refractivity contribution < 1.29 is 0 Å². The highest BCUT2D eigenvalue weighted by Gasteiger charge is 2.00. The molecule has 0 aliphatic rings. The van der Waals surface area contributed by atoms with Crippen LogP contribution < -0.4 is 0 Å². The van der Waals surface area contributed by atoms with Crippen LogP contribution in [-0.2, 0) is 6.42 Å². The van der Waals surface area contributed by atoms with Crippen LogP contribution in [0, 0.1) is 3.70 Å². The van der Waals surface area contributed by atoms with E-state index in [2.05, 4.69) is 44.5 Å². The van der Waals surface area contributed by atoms with E-state index in [4.69, 9.17) is 0 Å². The van der Waals surface area contributed by atoms with Gasteiger partial charge < -0.3 is 4.98 Å². The largest absolute Gasteiger partial charge is 0.335 e. The molecule has 0 unspecified atom stereocenters. The minimum atomic E-state index is 0.880. The molecule has 0 aliphatic carbocycles. The summed E-state index contributed by atoms with van der Waals surface area (Å²) in [5, 5.41) is 1.08. The molecule has 0 radical (unpaired) electrons. The fourth-order valence-electron chi connectivity index (χ4n) is 1.09. The monoisotopic (exact) mass is 273 g/mol. The number of nitrogens with one attached hydrogen (secondary N) is 1. The third kappa shape index (κ3) is 1.31. The van der Waals surface area contributed by atoms with Gasteiger partial charge in [0.05, 0.1) is 3.70 Å². The maximum atomic E-state index is 4.34. The van der Waals surface area contributed by atoms with Crippen LogP contribution in [0.2, 0.25) is 0 Å². The quantitative estimate of drug-likeness (QED) is 0.809. The van der Waals surface area contributed by atoms with E-state index in [0.717, 1.165) is 27.0 Å². The number of hydrogen-bond acceptors (Lipinski definition) is 2. The Morgan fingerprint density at radius 1 is 1.58 bits per heavy atom. The van der Waals surface area contributed by atoms with Crippen molar-refractivity contribution in [2.24, 2.45) is 0 Å². The van der Waals surface area contributed by atoms with Gasteiger partial charge in [0.2, 0.25) is 0 Å². The van der Waals surface area contributed by atoms with Gasteiger partial charge in [0.25, 0.3) is 0 Å². The summed E-state index contributed by atoms with van der Waals surface area (Å²) < 4.78 is 1.10. The first-order valence-electron chi connectivity index (χ1n) is 3.79. The summed E-state index contributed by atoms with van der Waals surface area (Å²) in [6.45, 7) is 2.05. The van der Waals surface area contributed by atoms with Crippen molar-refractivity contribution in [3.05, 3.63) is 21.8 Å². The Morgan fingerprint density at radius 2 is 2.42 bits per heavy atom. The van der Waals surface area contributed by atoms with E-state index in [1.165, 1.54) is 0 Å². The molecule has 2 rings (SSSR count). The third-order valence-corrected chi connectivity index (χ3v) is 2.28. The van der Waals surface area contributed by atoms with Crippen LogP contribution >= 0.6 is 22.6 Å². The first-order chi connectivity index (χ1) is 5.79. The molecule has 0 aliphatic heterocycles. The van der Waals surface area contributed by atoms with Crippen molar-refractivity contribution in [2.45, 2.75) is 13.3 Å². The van der Waals surface area contributed by atoms with Crippen LogP contribution in [0.5, 0.6) is 0 Å². The van der Waals surface area contributed by atoms with Crippen LogP contribution in [0.1, 0.15) is 12.7 Å². The minimum absolute atomic E-state index is 0.880. The van der Waals surface area contributed by atoms with Gasteiger partial charge in [0.1, 0.15) is 11.5 Å². The molecule has 0 spiro atoms. The number of rotatable bonds is 1. The molecule has 4 heteroatoms. The molecule has 3 nitrogen and oxygen atoms in total. The van der Waals surface area contributed by atoms with E-state index in [-0.39, 0.29) is 0 Å². The van der Waals surface area contributed by atoms with Gasteiger partial charge >= 0.3 is 0 Å². The molecule has 0 atom stereocenters. The summed E-state index contributed by atoms with van der Waals surface area (Å²) in [7, 11) is 0. The van der Waals surface area contributed by atoms with Crippen molar-refractivity contribution in [3.63, 3.8) is 0 Å². The number of hydrogen-bond donors (Lipinski definition) is 1. The second kappa shape index (κ2) is 3.01. The number of nitrogens with zero attached hydrogens (tertiary/aromatic N) is 2. The lowest BCUT2D eigenvalue weighted by molar-refractivity contribution is 0.956. The third-order valence-electron chi connectivity index (χ3n) is 1.70. The molecule has 0 amide bonds. The zero-order valence-corrected chi connectivity index (χ0v) is 8.79. The van der Waals surface area contributed by atoms with Gasteiger partial charge in [-0.25, -0.2) is 9.97 Å². The zero-order valence-electron chi connectivity index (χ0n) is 6.63. The van der Waals surface area contributed by atoms with E-state index in [1.54, 1.807) is 0 Å². The van der Waals surface area contributed by atoms with Crippen LogP contribution in [0.25, 0.3) is 11.0 Å². The number of fused-ring (bicyclic) bond motifs is 1. The van der Waals surface area contributed by atoms with Gasteiger partial charge in [-0.05, 0) is 28.7 Å². The molecule has 2 heterocycles. The summed E-state index contributed by atoms with van der Waals surface area (Å²) in [4.78, 5) is 11.7. The Hall–Kier alpha value is -0.650. The molecule has 0 fully saturated rings. The molecule has 2 aromatic rings. The summed E-state index contributed by atoms with van der Waals surface area (Å²) in [5.74, 6) is 0.890.